The van der Waals surface area contributed by atoms with Crippen molar-refractivity contribution in [2.24, 2.45) is 0 Å². The van der Waals surface area contributed by atoms with Gasteiger partial charge in [-0.05, 0) is 36.4 Å². The van der Waals surface area contributed by atoms with Gasteiger partial charge < -0.3 is 4.90 Å². The lowest BCUT2D eigenvalue weighted by Crippen LogP contribution is -3.05. The molecular weight excluding hydrogens is 394 g/mol. The van der Waals surface area contributed by atoms with Gasteiger partial charge in [-0.15, -0.1) is 0 Å². The van der Waals surface area contributed by atoms with Crippen molar-refractivity contribution >= 4 is 42.4 Å². The third kappa shape index (κ3) is 4.76. The molecule has 0 fully saturated rings. The van der Waals surface area contributed by atoms with Gasteiger partial charge in [-0.3, -0.25) is 9.69 Å². The van der Waals surface area contributed by atoms with Crippen LogP contribution < -0.4 is 9.80 Å². The number of para-hydroxylation sites is 1. The highest BCUT2D eigenvalue weighted by Crippen LogP contribution is 2.29. The van der Waals surface area contributed by atoms with Gasteiger partial charge >= 0.3 is 0 Å². The van der Waals surface area contributed by atoms with E-state index in [1.165, 1.54) is 28.4 Å². The molecule has 1 N–H and O–H groups in total. The first-order valence-corrected chi connectivity index (χ1v) is 11.7. The van der Waals surface area contributed by atoms with E-state index in [0.717, 1.165) is 29.4 Å². The average Bonchev–Trinajstić information content (AvgIpc) is 3.07. The van der Waals surface area contributed by atoms with E-state index >= 15 is 0 Å². The Labute approximate surface area is 169 Å². The largest absolute Gasteiger partial charge is 0.340 e. The molecule has 0 unspecified atom stereocenters. The Morgan fingerprint density at radius 3 is 2.39 bits per heavy atom. The molecule has 28 heavy (non-hydrogen) atoms. The van der Waals surface area contributed by atoms with Gasteiger partial charge in [0.05, 0.1) is 35.8 Å². The topological polar surface area (TPSA) is 71.8 Å². The van der Waals surface area contributed by atoms with Crippen molar-refractivity contribution in [2.45, 2.75) is 11.3 Å². The van der Waals surface area contributed by atoms with E-state index in [1.54, 1.807) is 17.0 Å². The van der Waals surface area contributed by atoms with Crippen molar-refractivity contribution in [3.05, 3.63) is 54.1 Å². The molecule has 1 aromatic heterocycles. The Morgan fingerprint density at radius 1 is 1.11 bits per heavy atom. The monoisotopic (exact) mass is 418 g/mol. The quantitative estimate of drug-likeness (QED) is 0.636. The van der Waals surface area contributed by atoms with E-state index in [2.05, 4.69) is 19.1 Å². The zero-order valence-corrected chi connectivity index (χ0v) is 17.8. The molecule has 3 rings (SSSR count). The minimum absolute atomic E-state index is 0.173. The number of nitrogens with zero attached hydrogens (tertiary/aromatic N) is 2. The summed E-state index contributed by atoms with van der Waals surface area (Å²) in [5.74, 6) is -0.173. The summed E-state index contributed by atoms with van der Waals surface area (Å²) in [5, 5.41) is 0.659. The van der Waals surface area contributed by atoms with E-state index in [-0.39, 0.29) is 10.8 Å². The van der Waals surface area contributed by atoms with Crippen LogP contribution in [0.4, 0.5) is 5.13 Å². The van der Waals surface area contributed by atoms with Crippen LogP contribution in [-0.2, 0) is 9.84 Å². The van der Waals surface area contributed by atoms with Crippen LogP contribution in [-0.4, -0.2) is 52.7 Å². The Bertz CT molecular complexity index is 1040. The molecule has 6 nitrogen and oxygen atoms in total. The average molecular weight is 419 g/mol. The SMILES string of the molecule is C[NH+](C)CCCN(C(=O)c1ccc(S(C)(=O)=O)cc1)c1nc2ccccc2s1. The van der Waals surface area contributed by atoms with Crippen LogP contribution in [0.2, 0.25) is 0 Å². The Morgan fingerprint density at radius 2 is 1.79 bits per heavy atom. The lowest BCUT2D eigenvalue weighted by Gasteiger charge is -2.20. The number of carbonyl (C=O) groups excluding carboxylic acids is 1. The summed E-state index contributed by atoms with van der Waals surface area (Å²) >= 11 is 1.49. The molecule has 0 bridgehead atoms. The van der Waals surface area contributed by atoms with Gasteiger partial charge in [0, 0.05) is 24.8 Å². The number of rotatable bonds is 7. The number of anilines is 1. The number of amides is 1. The first-order chi connectivity index (χ1) is 13.3. The molecule has 0 saturated heterocycles. The Kier molecular flexibility index (Phi) is 6.12. The number of thiazole rings is 1. The summed E-state index contributed by atoms with van der Waals surface area (Å²) in [7, 11) is 0.858. The molecule has 0 spiro atoms. The van der Waals surface area contributed by atoms with Crippen LogP contribution in [0.25, 0.3) is 10.2 Å². The second-order valence-corrected chi connectivity index (χ2v) is 10.1. The molecule has 148 valence electrons. The molecule has 3 aromatic rings. The number of fused-ring (bicyclic) bond motifs is 1. The number of sulfone groups is 1. The van der Waals surface area contributed by atoms with Crippen molar-refractivity contribution < 1.29 is 18.1 Å². The molecule has 2 aromatic carbocycles. The van der Waals surface area contributed by atoms with Gasteiger partial charge in [0.1, 0.15) is 0 Å². The fourth-order valence-corrected chi connectivity index (χ4v) is 4.47. The highest BCUT2D eigenvalue weighted by Gasteiger charge is 2.22. The number of hydrogen-bond donors (Lipinski definition) is 1. The van der Waals surface area contributed by atoms with E-state index in [0.29, 0.717) is 17.2 Å². The summed E-state index contributed by atoms with van der Waals surface area (Å²) in [6.07, 6.45) is 1.99. The normalized spacial score (nSPS) is 11.9. The number of benzene rings is 2. The molecule has 0 radical (unpaired) electrons. The first kappa shape index (κ1) is 20.4. The predicted octanol–water partition coefficient (Wildman–Crippen LogP) is 1.88. The zero-order valence-electron chi connectivity index (χ0n) is 16.2. The lowest BCUT2D eigenvalue weighted by molar-refractivity contribution is -0.858. The molecular formula is C20H24N3O3S2+. The Balaban J connectivity index is 1.92. The summed E-state index contributed by atoms with van der Waals surface area (Å²) in [6.45, 7) is 1.49. The second-order valence-electron chi connectivity index (χ2n) is 7.03. The van der Waals surface area contributed by atoms with Crippen molar-refractivity contribution in [2.75, 3.05) is 38.3 Å². The number of quaternary nitrogens is 1. The van der Waals surface area contributed by atoms with Crippen LogP contribution in [0.5, 0.6) is 0 Å². The maximum atomic E-state index is 13.2. The summed E-state index contributed by atoms with van der Waals surface area (Å²) in [5.41, 5.74) is 1.31. The fraction of sp³-hybridized carbons (Fsp3) is 0.300. The number of carbonyl (C=O) groups is 1. The maximum absolute atomic E-state index is 13.2. The van der Waals surface area contributed by atoms with Gasteiger partial charge in [0.2, 0.25) is 0 Å². The predicted molar refractivity (Wildman–Crippen MR) is 113 cm³/mol. The Hall–Kier alpha value is -2.29. The smallest absolute Gasteiger partial charge is 0.260 e. The van der Waals surface area contributed by atoms with Crippen LogP contribution >= 0.6 is 11.3 Å². The number of hydrogen-bond acceptors (Lipinski definition) is 5. The van der Waals surface area contributed by atoms with Gasteiger partial charge in [0.15, 0.2) is 15.0 Å². The zero-order chi connectivity index (χ0) is 20.3. The second kappa shape index (κ2) is 8.38. The van der Waals surface area contributed by atoms with Gasteiger partial charge in [-0.1, -0.05) is 23.5 Å². The highest BCUT2D eigenvalue weighted by molar-refractivity contribution is 7.90. The first-order valence-electron chi connectivity index (χ1n) is 9.02. The van der Waals surface area contributed by atoms with E-state index in [9.17, 15) is 13.2 Å². The summed E-state index contributed by atoms with van der Waals surface area (Å²) in [6, 6.07) is 13.9. The third-order valence-corrected chi connectivity index (χ3v) is 6.53. The summed E-state index contributed by atoms with van der Waals surface area (Å²) in [4.78, 5) is 21.0. The number of aromatic nitrogens is 1. The maximum Gasteiger partial charge on any atom is 0.260 e. The van der Waals surface area contributed by atoms with E-state index in [4.69, 9.17) is 0 Å². The van der Waals surface area contributed by atoms with Gasteiger partial charge in [-0.25, -0.2) is 13.4 Å². The van der Waals surface area contributed by atoms with Crippen molar-refractivity contribution in [3.8, 4) is 0 Å². The molecule has 1 amide bonds. The molecule has 0 aliphatic rings. The molecule has 0 atom stereocenters. The molecule has 0 aliphatic heterocycles. The minimum atomic E-state index is -3.30. The standard InChI is InChI=1S/C20H23N3O3S2/c1-22(2)13-6-14-23(20-21-17-7-4-5-8-18(17)27-20)19(24)15-9-11-16(12-10-15)28(3,25)26/h4-5,7-12H,6,13-14H2,1-3H3/p+1. The number of nitrogens with one attached hydrogen (secondary N) is 1. The van der Waals surface area contributed by atoms with Gasteiger partial charge in [-0.2, -0.15) is 0 Å². The van der Waals surface area contributed by atoms with Gasteiger partial charge in [0.25, 0.3) is 5.91 Å². The lowest BCUT2D eigenvalue weighted by atomic mass is 10.2. The summed E-state index contributed by atoms with van der Waals surface area (Å²) < 4.78 is 24.4. The van der Waals surface area contributed by atoms with Crippen molar-refractivity contribution in [3.63, 3.8) is 0 Å². The third-order valence-electron chi connectivity index (χ3n) is 4.35. The molecule has 1 heterocycles. The van der Waals surface area contributed by atoms with Crippen molar-refractivity contribution in [1.82, 2.24) is 4.98 Å². The van der Waals surface area contributed by atoms with Crippen LogP contribution in [0.3, 0.4) is 0 Å². The molecule has 8 heteroatoms. The molecule has 0 saturated carbocycles. The highest BCUT2D eigenvalue weighted by atomic mass is 32.2. The van der Waals surface area contributed by atoms with E-state index in [1.807, 2.05) is 24.3 Å². The minimum Gasteiger partial charge on any atom is -0.340 e. The van der Waals surface area contributed by atoms with E-state index < -0.39 is 9.84 Å². The van der Waals surface area contributed by atoms with Crippen LogP contribution in [0, 0.1) is 0 Å². The van der Waals surface area contributed by atoms with Crippen molar-refractivity contribution in [1.29, 1.82) is 0 Å². The fourth-order valence-electron chi connectivity index (χ4n) is 2.85. The van der Waals surface area contributed by atoms with Crippen LogP contribution in [0.15, 0.2) is 53.4 Å². The van der Waals surface area contributed by atoms with Crippen LogP contribution in [0.1, 0.15) is 16.8 Å². The molecule has 0 aliphatic carbocycles.